The van der Waals surface area contributed by atoms with E-state index in [0.717, 1.165) is 0 Å². The number of carboxylic acids is 1. The molecule has 0 spiro atoms. The fourth-order valence-electron chi connectivity index (χ4n) is 1.20. The average molecular weight is 231 g/mol. The van der Waals surface area contributed by atoms with Gasteiger partial charge in [-0.25, -0.2) is 4.79 Å². The first kappa shape index (κ1) is 14.9. The number of carboxylic acid groups (broad SMARTS) is 1. The molecule has 0 rings (SSSR count). The van der Waals surface area contributed by atoms with E-state index in [1.54, 1.807) is 6.92 Å². The van der Waals surface area contributed by atoms with Crippen LogP contribution in [0.5, 0.6) is 0 Å². The molecule has 0 aliphatic heterocycles. The smallest absolute Gasteiger partial charge is 0.326 e. The van der Waals surface area contributed by atoms with Gasteiger partial charge in [0, 0.05) is 6.04 Å². The predicted octanol–water partition coefficient (Wildman–Crippen LogP) is -0.724. The maximum absolute atomic E-state index is 11.5. The van der Waals surface area contributed by atoms with E-state index in [-0.39, 0.29) is 5.92 Å². The van der Waals surface area contributed by atoms with Crippen molar-refractivity contribution < 1.29 is 14.7 Å². The molecule has 6 heteroatoms. The Bertz CT molecular complexity index is 254. The van der Waals surface area contributed by atoms with Gasteiger partial charge in [0.2, 0.25) is 5.91 Å². The standard InChI is InChI=1S/C10H21N3O3/c1-5(2)4-7(10(15)16)13-9(14)8(12)6(3)11/h5-8H,4,11-12H2,1-3H3,(H,13,14)(H,15,16)/t6-,7-,8-/m0/s1. The van der Waals surface area contributed by atoms with E-state index in [4.69, 9.17) is 16.6 Å². The lowest BCUT2D eigenvalue weighted by molar-refractivity contribution is -0.142. The summed E-state index contributed by atoms with van der Waals surface area (Å²) >= 11 is 0. The largest absolute Gasteiger partial charge is 0.480 e. The SMILES string of the molecule is CC(C)C[C@H](NC(=O)[C@@H](N)[C@H](C)N)C(=O)O. The van der Waals surface area contributed by atoms with Gasteiger partial charge in [0.25, 0.3) is 0 Å². The third-order valence-electron chi connectivity index (χ3n) is 2.19. The summed E-state index contributed by atoms with van der Waals surface area (Å²) in [6.45, 7) is 5.36. The number of amides is 1. The lowest BCUT2D eigenvalue weighted by Gasteiger charge is -2.20. The Morgan fingerprint density at radius 1 is 1.25 bits per heavy atom. The van der Waals surface area contributed by atoms with Crippen molar-refractivity contribution in [3.8, 4) is 0 Å². The molecule has 0 fully saturated rings. The molecule has 6 nitrogen and oxygen atoms in total. The monoisotopic (exact) mass is 231 g/mol. The molecule has 0 aromatic rings. The number of carbonyl (C=O) groups excluding carboxylic acids is 1. The van der Waals surface area contributed by atoms with Crippen molar-refractivity contribution >= 4 is 11.9 Å². The summed E-state index contributed by atoms with van der Waals surface area (Å²) in [4.78, 5) is 22.4. The van der Waals surface area contributed by atoms with Crippen LogP contribution in [0.3, 0.4) is 0 Å². The molecule has 1 amide bonds. The zero-order valence-corrected chi connectivity index (χ0v) is 9.93. The second kappa shape index (κ2) is 6.44. The minimum atomic E-state index is -1.06. The third kappa shape index (κ3) is 5.09. The lowest BCUT2D eigenvalue weighted by Crippen LogP contribution is -2.54. The first-order chi connectivity index (χ1) is 7.25. The van der Waals surface area contributed by atoms with E-state index in [9.17, 15) is 9.59 Å². The highest BCUT2D eigenvalue weighted by Crippen LogP contribution is 2.05. The lowest BCUT2D eigenvalue weighted by atomic mass is 10.0. The normalized spacial score (nSPS) is 16.6. The molecule has 0 unspecified atom stereocenters. The van der Waals surface area contributed by atoms with E-state index < -0.39 is 30.0 Å². The van der Waals surface area contributed by atoms with Gasteiger partial charge in [-0.1, -0.05) is 13.8 Å². The van der Waals surface area contributed by atoms with E-state index in [1.807, 2.05) is 13.8 Å². The van der Waals surface area contributed by atoms with Crippen LogP contribution in [0.2, 0.25) is 0 Å². The topological polar surface area (TPSA) is 118 Å². The molecule has 0 saturated heterocycles. The minimum absolute atomic E-state index is 0.174. The molecule has 0 aromatic carbocycles. The summed E-state index contributed by atoms with van der Waals surface area (Å²) in [5, 5.41) is 11.3. The summed E-state index contributed by atoms with van der Waals surface area (Å²) in [5.41, 5.74) is 11.0. The Hall–Kier alpha value is -1.14. The zero-order valence-electron chi connectivity index (χ0n) is 9.93. The Labute approximate surface area is 95.4 Å². The molecule has 0 heterocycles. The van der Waals surface area contributed by atoms with Crippen LogP contribution in [0.4, 0.5) is 0 Å². The van der Waals surface area contributed by atoms with Crippen molar-refractivity contribution in [2.45, 2.75) is 45.3 Å². The molecular formula is C10H21N3O3. The van der Waals surface area contributed by atoms with Gasteiger partial charge in [-0.2, -0.15) is 0 Å². The molecule has 16 heavy (non-hydrogen) atoms. The van der Waals surface area contributed by atoms with E-state index in [0.29, 0.717) is 6.42 Å². The molecular weight excluding hydrogens is 210 g/mol. The number of hydrogen-bond donors (Lipinski definition) is 4. The van der Waals surface area contributed by atoms with E-state index >= 15 is 0 Å². The van der Waals surface area contributed by atoms with Crippen LogP contribution >= 0.6 is 0 Å². The Morgan fingerprint density at radius 3 is 2.06 bits per heavy atom. The summed E-state index contributed by atoms with van der Waals surface area (Å²) in [7, 11) is 0. The van der Waals surface area contributed by atoms with Crippen LogP contribution in [0.15, 0.2) is 0 Å². The number of carbonyl (C=O) groups is 2. The minimum Gasteiger partial charge on any atom is -0.480 e. The Kier molecular flexibility index (Phi) is 5.98. The van der Waals surface area contributed by atoms with Crippen LogP contribution in [-0.4, -0.2) is 35.1 Å². The molecule has 0 bridgehead atoms. The summed E-state index contributed by atoms with van der Waals surface area (Å²) in [6, 6.07) is -2.29. The highest BCUT2D eigenvalue weighted by Gasteiger charge is 2.25. The van der Waals surface area contributed by atoms with Crippen molar-refractivity contribution in [3.63, 3.8) is 0 Å². The van der Waals surface area contributed by atoms with Gasteiger partial charge in [-0.05, 0) is 19.3 Å². The Balaban J connectivity index is 4.40. The van der Waals surface area contributed by atoms with Gasteiger partial charge in [-0.15, -0.1) is 0 Å². The number of nitrogens with one attached hydrogen (secondary N) is 1. The fourth-order valence-corrected chi connectivity index (χ4v) is 1.20. The highest BCUT2D eigenvalue weighted by atomic mass is 16.4. The summed E-state index contributed by atoms with van der Waals surface area (Å²) in [5.74, 6) is -1.41. The quantitative estimate of drug-likeness (QED) is 0.481. The van der Waals surface area contributed by atoms with Gasteiger partial charge in [-0.3, -0.25) is 4.79 Å². The van der Waals surface area contributed by atoms with Crippen molar-refractivity contribution in [2.24, 2.45) is 17.4 Å². The van der Waals surface area contributed by atoms with Crippen molar-refractivity contribution in [3.05, 3.63) is 0 Å². The molecule has 0 radical (unpaired) electrons. The molecule has 6 N–H and O–H groups in total. The summed E-state index contributed by atoms with van der Waals surface area (Å²) < 4.78 is 0. The van der Waals surface area contributed by atoms with Crippen LogP contribution in [-0.2, 0) is 9.59 Å². The maximum atomic E-state index is 11.5. The number of rotatable bonds is 6. The van der Waals surface area contributed by atoms with Crippen LogP contribution in [0.1, 0.15) is 27.2 Å². The first-order valence-electron chi connectivity index (χ1n) is 5.30. The number of aliphatic carboxylic acids is 1. The van der Waals surface area contributed by atoms with Gasteiger partial charge in [0.1, 0.15) is 6.04 Å². The molecule has 94 valence electrons. The van der Waals surface area contributed by atoms with Gasteiger partial charge < -0.3 is 21.9 Å². The van der Waals surface area contributed by atoms with Crippen LogP contribution < -0.4 is 16.8 Å². The zero-order chi connectivity index (χ0) is 12.9. The number of hydrogen-bond acceptors (Lipinski definition) is 4. The fraction of sp³-hybridized carbons (Fsp3) is 0.800. The van der Waals surface area contributed by atoms with Crippen LogP contribution in [0.25, 0.3) is 0 Å². The average Bonchev–Trinajstić information content (AvgIpc) is 2.14. The van der Waals surface area contributed by atoms with E-state index in [1.165, 1.54) is 0 Å². The number of nitrogens with two attached hydrogens (primary N) is 2. The van der Waals surface area contributed by atoms with Gasteiger partial charge >= 0.3 is 5.97 Å². The van der Waals surface area contributed by atoms with Gasteiger partial charge in [0.15, 0.2) is 0 Å². The third-order valence-corrected chi connectivity index (χ3v) is 2.19. The highest BCUT2D eigenvalue weighted by molar-refractivity contribution is 5.87. The van der Waals surface area contributed by atoms with Crippen molar-refractivity contribution in [1.29, 1.82) is 0 Å². The molecule has 0 saturated carbocycles. The molecule has 0 aromatic heterocycles. The maximum Gasteiger partial charge on any atom is 0.326 e. The van der Waals surface area contributed by atoms with Gasteiger partial charge in [0.05, 0.1) is 6.04 Å². The van der Waals surface area contributed by atoms with Crippen LogP contribution in [0, 0.1) is 5.92 Å². The van der Waals surface area contributed by atoms with E-state index in [2.05, 4.69) is 5.32 Å². The Morgan fingerprint density at radius 2 is 1.75 bits per heavy atom. The second-order valence-electron chi connectivity index (χ2n) is 4.41. The first-order valence-corrected chi connectivity index (χ1v) is 5.30. The van der Waals surface area contributed by atoms with Crippen molar-refractivity contribution in [1.82, 2.24) is 5.32 Å². The second-order valence-corrected chi connectivity index (χ2v) is 4.41. The molecule has 0 aliphatic rings. The molecule has 3 atom stereocenters. The van der Waals surface area contributed by atoms with Crippen molar-refractivity contribution in [2.75, 3.05) is 0 Å². The molecule has 0 aliphatic carbocycles. The predicted molar refractivity (Wildman–Crippen MR) is 60.6 cm³/mol. The summed E-state index contributed by atoms with van der Waals surface area (Å²) in [6.07, 6.45) is 0.368.